The van der Waals surface area contributed by atoms with Crippen molar-refractivity contribution >= 4 is 28.8 Å². The Bertz CT molecular complexity index is 434. The summed E-state index contributed by atoms with van der Waals surface area (Å²) in [6.07, 6.45) is 3.78. The van der Waals surface area contributed by atoms with Crippen molar-refractivity contribution in [3.8, 4) is 0 Å². The molecule has 1 aromatic heterocycles. The van der Waals surface area contributed by atoms with Gasteiger partial charge >= 0.3 is 0 Å². The van der Waals surface area contributed by atoms with Gasteiger partial charge in [-0.2, -0.15) is 0 Å². The fourth-order valence-electron chi connectivity index (χ4n) is 2.59. The van der Waals surface area contributed by atoms with Crippen LogP contribution in [0.25, 0.3) is 0 Å². The quantitative estimate of drug-likeness (QED) is 0.898. The summed E-state index contributed by atoms with van der Waals surface area (Å²) < 4.78 is 0.744. The number of amides is 1. The number of thiophene rings is 1. The minimum atomic E-state index is -0.682. The van der Waals surface area contributed by atoms with Crippen LogP contribution in [0, 0.1) is 5.92 Å². The molecule has 5 heteroatoms. The van der Waals surface area contributed by atoms with Crippen molar-refractivity contribution in [2.75, 3.05) is 0 Å². The van der Waals surface area contributed by atoms with Crippen LogP contribution in [-0.4, -0.2) is 11.4 Å². The number of nitrogens with two attached hydrogens (primary N) is 1. The second-order valence-electron chi connectivity index (χ2n) is 5.25. The van der Waals surface area contributed by atoms with Gasteiger partial charge in [0.25, 0.3) is 0 Å². The molecule has 1 saturated carbocycles. The molecule has 0 spiro atoms. The molecule has 3 N–H and O–H groups in total. The van der Waals surface area contributed by atoms with Gasteiger partial charge in [0, 0.05) is 4.88 Å². The molecule has 2 rings (SSSR count). The fourth-order valence-corrected chi connectivity index (χ4v) is 3.62. The minimum absolute atomic E-state index is 0.0291. The molecule has 0 aromatic carbocycles. The first kappa shape index (κ1) is 13.8. The van der Waals surface area contributed by atoms with Gasteiger partial charge in [-0.25, -0.2) is 0 Å². The van der Waals surface area contributed by atoms with Gasteiger partial charge in [-0.1, -0.05) is 31.4 Å². The second kappa shape index (κ2) is 5.59. The molecule has 18 heavy (non-hydrogen) atoms. The molecule has 1 aliphatic carbocycles. The van der Waals surface area contributed by atoms with E-state index in [-0.39, 0.29) is 5.91 Å². The van der Waals surface area contributed by atoms with Crippen molar-refractivity contribution in [1.29, 1.82) is 0 Å². The van der Waals surface area contributed by atoms with Crippen molar-refractivity contribution in [3.63, 3.8) is 0 Å². The van der Waals surface area contributed by atoms with Crippen LogP contribution in [0.4, 0.5) is 0 Å². The lowest BCUT2D eigenvalue weighted by molar-refractivity contribution is -0.128. The lowest BCUT2D eigenvalue weighted by atomic mass is 9.76. The third-order valence-electron chi connectivity index (χ3n) is 3.54. The molecule has 1 aliphatic rings. The van der Waals surface area contributed by atoms with Crippen molar-refractivity contribution in [2.24, 2.45) is 11.7 Å². The van der Waals surface area contributed by atoms with Gasteiger partial charge in [-0.05, 0) is 30.9 Å². The Morgan fingerprint density at radius 2 is 2.44 bits per heavy atom. The first-order valence-electron chi connectivity index (χ1n) is 6.31. The normalized spacial score (nSPS) is 28.1. The number of nitrogens with one attached hydrogen (secondary N) is 1. The van der Waals surface area contributed by atoms with Crippen LogP contribution in [0.2, 0.25) is 4.34 Å². The van der Waals surface area contributed by atoms with Crippen LogP contribution < -0.4 is 11.1 Å². The number of hydrogen-bond acceptors (Lipinski definition) is 3. The van der Waals surface area contributed by atoms with Crippen LogP contribution >= 0.6 is 22.9 Å². The van der Waals surface area contributed by atoms with E-state index in [2.05, 4.69) is 12.2 Å². The molecule has 100 valence electrons. The zero-order valence-corrected chi connectivity index (χ0v) is 12.1. The number of carbonyl (C=O) groups excluding carboxylic acids is 1. The van der Waals surface area contributed by atoms with Crippen molar-refractivity contribution in [2.45, 2.75) is 44.7 Å². The highest BCUT2D eigenvalue weighted by Crippen LogP contribution is 2.30. The maximum atomic E-state index is 12.2. The highest BCUT2D eigenvalue weighted by molar-refractivity contribution is 7.16. The van der Waals surface area contributed by atoms with Gasteiger partial charge < -0.3 is 11.1 Å². The van der Waals surface area contributed by atoms with E-state index >= 15 is 0 Å². The van der Waals surface area contributed by atoms with Gasteiger partial charge in [0.2, 0.25) is 5.91 Å². The monoisotopic (exact) mass is 286 g/mol. The van der Waals surface area contributed by atoms with Crippen molar-refractivity contribution in [1.82, 2.24) is 5.32 Å². The number of rotatable bonds is 3. The first-order chi connectivity index (χ1) is 8.49. The average Bonchev–Trinajstić information content (AvgIpc) is 2.71. The molecule has 1 heterocycles. The highest BCUT2D eigenvalue weighted by atomic mass is 35.5. The number of hydrogen-bond donors (Lipinski definition) is 2. The molecular formula is C13H19ClN2OS. The van der Waals surface area contributed by atoms with Crippen LogP contribution in [0.3, 0.4) is 0 Å². The summed E-state index contributed by atoms with van der Waals surface area (Å²) in [7, 11) is 0. The molecule has 0 aliphatic heterocycles. The zero-order valence-electron chi connectivity index (χ0n) is 10.5. The Labute approximate surface area is 117 Å². The lowest BCUT2D eigenvalue weighted by Crippen LogP contribution is -2.56. The topological polar surface area (TPSA) is 55.1 Å². The van der Waals surface area contributed by atoms with Gasteiger partial charge in [-0.15, -0.1) is 11.3 Å². The van der Waals surface area contributed by atoms with E-state index in [4.69, 9.17) is 17.3 Å². The first-order valence-corrected chi connectivity index (χ1v) is 7.50. The SMILES string of the molecule is CC1CCCC(N)(C(=O)NCc2ccc(Cl)s2)C1. The van der Waals surface area contributed by atoms with Crippen LogP contribution in [0.1, 0.15) is 37.5 Å². The van der Waals surface area contributed by atoms with Crippen molar-refractivity contribution in [3.05, 3.63) is 21.3 Å². The molecular weight excluding hydrogens is 268 g/mol. The van der Waals surface area contributed by atoms with E-state index in [1.165, 1.54) is 17.8 Å². The average molecular weight is 287 g/mol. The summed E-state index contributed by atoms with van der Waals surface area (Å²) in [4.78, 5) is 13.2. The van der Waals surface area contributed by atoms with Gasteiger partial charge in [0.05, 0.1) is 16.4 Å². The van der Waals surface area contributed by atoms with E-state index < -0.39 is 5.54 Å². The third-order valence-corrected chi connectivity index (χ3v) is 4.77. The third kappa shape index (κ3) is 3.25. The smallest absolute Gasteiger partial charge is 0.240 e. The van der Waals surface area contributed by atoms with Crippen LogP contribution in [0.15, 0.2) is 12.1 Å². The Morgan fingerprint density at radius 1 is 1.67 bits per heavy atom. The van der Waals surface area contributed by atoms with Gasteiger partial charge in [0.1, 0.15) is 0 Å². The molecule has 2 atom stereocenters. The predicted molar refractivity (Wildman–Crippen MR) is 75.7 cm³/mol. The predicted octanol–water partition coefficient (Wildman–Crippen LogP) is 2.93. The molecule has 0 radical (unpaired) electrons. The summed E-state index contributed by atoms with van der Waals surface area (Å²) in [6, 6.07) is 3.77. The minimum Gasteiger partial charge on any atom is -0.350 e. The highest BCUT2D eigenvalue weighted by Gasteiger charge is 2.37. The zero-order chi connectivity index (χ0) is 13.2. The largest absolute Gasteiger partial charge is 0.350 e. The molecule has 2 unspecified atom stereocenters. The standard InChI is InChI=1S/C13H19ClN2OS/c1-9-3-2-6-13(15,7-9)12(17)16-8-10-4-5-11(14)18-10/h4-5,9H,2-3,6-8,15H2,1H3,(H,16,17). The molecule has 0 bridgehead atoms. The van der Waals surface area contributed by atoms with E-state index in [0.29, 0.717) is 12.5 Å². The van der Waals surface area contributed by atoms with Gasteiger partial charge in [0.15, 0.2) is 0 Å². The maximum Gasteiger partial charge on any atom is 0.240 e. The van der Waals surface area contributed by atoms with Crippen LogP contribution in [0.5, 0.6) is 0 Å². The van der Waals surface area contributed by atoms with Gasteiger partial charge in [-0.3, -0.25) is 4.79 Å². The number of carbonyl (C=O) groups is 1. The Kier molecular flexibility index (Phi) is 4.30. The molecule has 1 aromatic rings. The van der Waals surface area contributed by atoms with Crippen molar-refractivity contribution < 1.29 is 4.79 Å². The van der Waals surface area contributed by atoms with E-state index in [1.807, 2.05) is 12.1 Å². The molecule has 1 amide bonds. The lowest BCUT2D eigenvalue weighted by Gasteiger charge is -2.35. The maximum absolute atomic E-state index is 12.2. The summed E-state index contributed by atoms with van der Waals surface area (Å²) in [5.41, 5.74) is 5.55. The molecule has 0 saturated heterocycles. The summed E-state index contributed by atoms with van der Waals surface area (Å²) >= 11 is 7.34. The Hall–Kier alpha value is -0.580. The Morgan fingerprint density at radius 3 is 3.06 bits per heavy atom. The summed E-state index contributed by atoms with van der Waals surface area (Å²) in [5, 5.41) is 2.93. The number of halogens is 1. The van der Waals surface area contributed by atoms with Crippen LogP contribution in [-0.2, 0) is 11.3 Å². The van der Waals surface area contributed by atoms with E-state index in [0.717, 1.165) is 28.5 Å². The summed E-state index contributed by atoms with van der Waals surface area (Å²) in [6.45, 7) is 2.68. The Balaban J connectivity index is 1.91. The molecule has 1 fully saturated rings. The fraction of sp³-hybridized carbons (Fsp3) is 0.615. The second-order valence-corrected chi connectivity index (χ2v) is 7.05. The molecule has 3 nitrogen and oxygen atoms in total. The van der Waals surface area contributed by atoms with E-state index in [1.54, 1.807) is 0 Å². The van der Waals surface area contributed by atoms with E-state index in [9.17, 15) is 4.79 Å². The summed E-state index contributed by atoms with van der Waals surface area (Å²) in [5.74, 6) is 0.504.